The Labute approximate surface area is 89.5 Å². The molecular formula is C9H18Xe. The average molecular weight is 258 g/mol. The summed E-state index contributed by atoms with van der Waals surface area (Å²) in [5.74, 6) is 2.01. The molecule has 1 unspecified atom stereocenters. The van der Waals surface area contributed by atoms with Crippen LogP contribution in [-0.2, 0) is 0 Å². The number of hydrogen-bond acceptors (Lipinski definition) is 0. The molecule has 0 radical (unpaired) electrons. The zero-order valence-corrected chi connectivity index (χ0v) is 9.06. The van der Waals surface area contributed by atoms with Crippen LogP contribution in [0.2, 0.25) is 1.78 Å². The van der Waals surface area contributed by atoms with Crippen LogP contribution in [0.5, 0.6) is 0 Å². The molecule has 10 heavy (non-hydrogen) atoms. The summed E-state index contributed by atoms with van der Waals surface area (Å²) >= 11 is 0.790. The van der Waals surface area contributed by atoms with E-state index in [1.165, 1.54) is 19.3 Å². The van der Waals surface area contributed by atoms with Gasteiger partial charge in [0.1, 0.15) is 0 Å². The van der Waals surface area contributed by atoms with Crippen molar-refractivity contribution in [2.45, 2.75) is 34.9 Å². The molecule has 1 heteroatoms. The van der Waals surface area contributed by atoms with Gasteiger partial charge in [-0.25, -0.2) is 0 Å². The van der Waals surface area contributed by atoms with Gasteiger partial charge in [0.15, 0.2) is 0 Å². The first-order valence-electron chi connectivity index (χ1n) is 4.30. The monoisotopic (exact) mass is 258 g/mol. The standard InChI is InChI=1S/C9H18Xe/c1-8(2)9-4-3-6-10-7-5-9/h8-9H,3-7H2,1-2H3. The minimum atomic E-state index is 0.790. The summed E-state index contributed by atoms with van der Waals surface area (Å²) in [4.78, 5) is 0. The van der Waals surface area contributed by atoms with Crippen molar-refractivity contribution >= 4 is 0 Å². The third-order valence-corrected chi connectivity index (χ3v) is 5.09. The van der Waals surface area contributed by atoms with E-state index in [1.807, 2.05) is 0 Å². The van der Waals surface area contributed by atoms with Crippen LogP contribution in [0, 0.1) is 56.0 Å². The molecular weight excluding hydrogens is 239 g/mol. The molecule has 1 aliphatic rings. The van der Waals surface area contributed by atoms with Crippen molar-refractivity contribution in [2.75, 3.05) is 0 Å². The predicted molar refractivity (Wildman–Crippen MR) is 41.8 cm³/mol. The van der Waals surface area contributed by atoms with Crippen molar-refractivity contribution in [3.63, 3.8) is 0 Å². The van der Waals surface area contributed by atoms with Gasteiger partial charge in [-0.1, -0.05) is 0 Å². The number of rotatable bonds is 1. The zero-order valence-electron chi connectivity index (χ0n) is 7.04. The van der Waals surface area contributed by atoms with E-state index in [0.29, 0.717) is 0 Å². The van der Waals surface area contributed by atoms with Crippen molar-refractivity contribution in [3.8, 4) is 0 Å². The first kappa shape index (κ1) is 9.66. The van der Waals surface area contributed by atoms with Gasteiger partial charge in [0.05, 0.1) is 0 Å². The van der Waals surface area contributed by atoms with Gasteiger partial charge in [0, 0.05) is 0 Å². The normalized spacial score (nSPS) is 29.3. The molecule has 62 valence electrons. The van der Waals surface area contributed by atoms with Gasteiger partial charge in [-0.2, -0.15) is 0 Å². The Balaban J connectivity index is 2.28. The molecule has 0 bridgehead atoms. The second-order valence-corrected chi connectivity index (χ2v) is 6.49. The van der Waals surface area contributed by atoms with E-state index in [2.05, 4.69) is 13.8 Å². The van der Waals surface area contributed by atoms with E-state index in [0.717, 1.165) is 56.0 Å². The Morgan fingerprint density at radius 2 is 2.00 bits per heavy atom. The second-order valence-electron chi connectivity index (χ2n) is 3.47. The van der Waals surface area contributed by atoms with E-state index in [9.17, 15) is 0 Å². The van der Waals surface area contributed by atoms with E-state index in [-0.39, 0.29) is 0 Å². The summed E-state index contributed by atoms with van der Waals surface area (Å²) < 4.78 is 3.16. The molecule has 1 heterocycles. The van der Waals surface area contributed by atoms with E-state index >= 15 is 0 Å². The summed E-state index contributed by atoms with van der Waals surface area (Å²) in [7, 11) is 0. The van der Waals surface area contributed by atoms with Gasteiger partial charge < -0.3 is 0 Å². The van der Waals surface area contributed by atoms with Crippen LogP contribution in [-0.4, -0.2) is 0 Å². The molecule has 0 aromatic carbocycles. The summed E-state index contributed by atoms with van der Waals surface area (Å²) in [6, 6.07) is 0. The summed E-state index contributed by atoms with van der Waals surface area (Å²) in [6.07, 6.45) is 4.59. The average Bonchev–Trinajstić information content (AvgIpc) is 2.12. The van der Waals surface area contributed by atoms with Gasteiger partial charge in [-0.3, -0.25) is 0 Å². The summed E-state index contributed by atoms with van der Waals surface area (Å²) in [5, 5.41) is 0. The van der Waals surface area contributed by atoms with Crippen LogP contribution in [0.25, 0.3) is 0 Å². The number of hydrogen-bond donors (Lipinski definition) is 0. The molecule has 0 spiro atoms. The third-order valence-electron chi connectivity index (χ3n) is 2.37. The van der Waals surface area contributed by atoms with Gasteiger partial charge in [0.2, 0.25) is 0 Å². The first-order chi connectivity index (χ1) is 4.80. The summed E-state index contributed by atoms with van der Waals surface area (Å²) in [5.41, 5.74) is 0. The molecule has 0 aliphatic carbocycles. The van der Waals surface area contributed by atoms with E-state index < -0.39 is 0 Å². The third kappa shape index (κ3) is 3.31. The fraction of sp³-hybridized carbons (Fsp3) is 1.00. The van der Waals surface area contributed by atoms with Crippen LogP contribution in [0.1, 0.15) is 33.1 Å². The predicted octanol–water partition coefficient (Wildman–Crippen LogP) is 3.36. The fourth-order valence-corrected chi connectivity index (χ4v) is 4.11. The van der Waals surface area contributed by atoms with Crippen molar-refractivity contribution in [1.82, 2.24) is 0 Å². The molecule has 0 saturated carbocycles. The van der Waals surface area contributed by atoms with Crippen molar-refractivity contribution in [3.05, 3.63) is 0 Å². The SMILES string of the molecule is CC(C)C1CCC[Xe]CC1. The van der Waals surface area contributed by atoms with Crippen LogP contribution < -0.4 is 0 Å². The van der Waals surface area contributed by atoms with Gasteiger partial charge in [-0.05, 0) is 0 Å². The Morgan fingerprint density at radius 1 is 1.20 bits per heavy atom. The van der Waals surface area contributed by atoms with Gasteiger partial charge >= 0.3 is 90.9 Å². The molecule has 1 fully saturated rings. The van der Waals surface area contributed by atoms with Crippen molar-refractivity contribution in [1.29, 1.82) is 0 Å². The minimum absolute atomic E-state index is 0.790. The Morgan fingerprint density at radius 3 is 2.70 bits per heavy atom. The maximum absolute atomic E-state index is 2.38. The van der Waals surface area contributed by atoms with Gasteiger partial charge in [-0.15, -0.1) is 0 Å². The first-order valence-corrected chi connectivity index (χ1v) is 7.16. The van der Waals surface area contributed by atoms with E-state index in [1.54, 1.807) is 1.78 Å². The Hall–Kier alpha value is 1.57. The van der Waals surface area contributed by atoms with Crippen molar-refractivity contribution < 1.29 is 44.2 Å². The maximum atomic E-state index is 2.38. The molecule has 0 amide bonds. The fourth-order valence-electron chi connectivity index (χ4n) is 1.53. The van der Waals surface area contributed by atoms with Crippen LogP contribution in [0.15, 0.2) is 0 Å². The molecule has 1 rings (SSSR count). The molecule has 1 aliphatic heterocycles. The van der Waals surface area contributed by atoms with Crippen LogP contribution >= 0.6 is 0 Å². The van der Waals surface area contributed by atoms with Crippen LogP contribution in [0.4, 0.5) is 0 Å². The topological polar surface area (TPSA) is 0 Å². The van der Waals surface area contributed by atoms with Crippen molar-refractivity contribution in [2.24, 2.45) is 11.8 Å². The zero-order chi connectivity index (χ0) is 7.40. The quantitative estimate of drug-likeness (QED) is 0.676. The molecule has 0 aromatic heterocycles. The summed E-state index contributed by atoms with van der Waals surface area (Å²) in [6.45, 7) is 4.76. The van der Waals surface area contributed by atoms with E-state index in [4.69, 9.17) is 0 Å². The molecule has 1 atom stereocenters. The molecule has 0 nitrogen and oxygen atoms in total. The molecule has 0 aromatic rings. The Kier molecular flexibility index (Phi) is 5.08. The second kappa shape index (κ2) is 5.26. The van der Waals surface area contributed by atoms with Crippen LogP contribution in [0.3, 0.4) is 0 Å². The molecule has 0 N–H and O–H groups in total. The Bertz CT molecular complexity index is 80.7. The van der Waals surface area contributed by atoms with Gasteiger partial charge in [0.25, 0.3) is 0 Å². The molecule has 1 saturated heterocycles.